The summed E-state index contributed by atoms with van der Waals surface area (Å²) in [5.41, 5.74) is 4.41. The number of Topliss-reactive ketones (excluding diaryl/α,β-unsaturated/α-hetero) is 1. The van der Waals surface area contributed by atoms with Gasteiger partial charge in [0.25, 0.3) is 0 Å². The van der Waals surface area contributed by atoms with Crippen molar-refractivity contribution in [1.29, 1.82) is 0 Å². The second-order valence-electron chi connectivity index (χ2n) is 9.42. The van der Waals surface area contributed by atoms with Crippen molar-refractivity contribution in [2.45, 2.75) is 31.6 Å². The Morgan fingerprint density at radius 3 is 2.16 bits per heavy atom. The van der Waals surface area contributed by atoms with Crippen LogP contribution in [0.3, 0.4) is 0 Å². The molecule has 3 aromatic carbocycles. The van der Waals surface area contributed by atoms with Gasteiger partial charge in [0.1, 0.15) is 19.0 Å². The van der Waals surface area contributed by atoms with Gasteiger partial charge in [-0.1, -0.05) is 65.7 Å². The number of allylic oxidation sites excluding steroid dienone is 3. The molecule has 0 fully saturated rings. The first-order valence-electron chi connectivity index (χ1n) is 12.5. The van der Waals surface area contributed by atoms with Crippen LogP contribution in [0.2, 0.25) is 10.0 Å². The highest BCUT2D eigenvalue weighted by Crippen LogP contribution is 2.46. The normalized spacial score (nSPS) is 19.1. The van der Waals surface area contributed by atoms with E-state index in [1.807, 2.05) is 73.7 Å². The van der Waals surface area contributed by atoms with E-state index in [9.17, 15) is 9.59 Å². The Kier molecular flexibility index (Phi) is 7.87. The number of carbonyl (C=O) groups excluding carboxylic acids is 2. The summed E-state index contributed by atoms with van der Waals surface area (Å²) in [7, 11) is 0. The summed E-state index contributed by atoms with van der Waals surface area (Å²) in [4.78, 5) is 27.1. The predicted molar refractivity (Wildman–Crippen MR) is 148 cm³/mol. The maximum atomic E-state index is 13.7. The Bertz CT molecular complexity index is 1400. The van der Waals surface area contributed by atoms with Crippen molar-refractivity contribution in [2.75, 3.05) is 13.2 Å². The van der Waals surface area contributed by atoms with Gasteiger partial charge in [-0.3, -0.25) is 4.79 Å². The monoisotopic (exact) mass is 547 g/mol. The summed E-state index contributed by atoms with van der Waals surface area (Å²) in [6, 6.07) is 24.2. The zero-order chi connectivity index (χ0) is 26.6. The van der Waals surface area contributed by atoms with Gasteiger partial charge in [-0.05, 0) is 66.8 Å². The maximum Gasteiger partial charge on any atom is 0.336 e. The molecule has 0 aromatic heterocycles. The summed E-state index contributed by atoms with van der Waals surface area (Å²) >= 11 is 12.2. The van der Waals surface area contributed by atoms with Crippen LogP contribution < -0.4 is 10.1 Å². The second kappa shape index (κ2) is 11.5. The van der Waals surface area contributed by atoms with Crippen LogP contribution in [0.1, 0.15) is 42.7 Å². The topological polar surface area (TPSA) is 64.6 Å². The van der Waals surface area contributed by atoms with Crippen molar-refractivity contribution in [3.63, 3.8) is 0 Å². The quantitative estimate of drug-likeness (QED) is 0.255. The summed E-state index contributed by atoms with van der Waals surface area (Å²) in [6.45, 7) is 2.15. The number of para-hydroxylation sites is 1. The van der Waals surface area contributed by atoms with Crippen molar-refractivity contribution in [2.24, 2.45) is 0 Å². The lowest BCUT2D eigenvalue weighted by atomic mass is 9.72. The number of dihydropyridines is 1. The molecule has 5 nitrogen and oxygen atoms in total. The van der Waals surface area contributed by atoms with Gasteiger partial charge in [0.05, 0.1) is 5.57 Å². The van der Waals surface area contributed by atoms with Gasteiger partial charge in [-0.25, -0.2) is 4.79 Å². The fraction of sp³-hybridized carbons (Fsp3) is 0.226. The Morgan fingerprint density at radius 1 is 0.868 bits per heavy atom. The molecular weight excluding hydrogens is 521 g/mol. The van der Waals surface area contributed by atoms with E-state index >= 15 is 0 Å². The van der Waals surface area contributed by atoms with Crippen molar-refractivity contribution in [1.82, 2.24) is 5.32 Å². The molecule has 0 unspecified atom stereocenters. The molecule has 5 rings (SSSR count). The molecule has 1 heterocycles. The molecule has 1 aliphatic carbocycles. The fourth-order valence-corrected chi connectivity index (χ4v) is 5.41. The third kappa shape index (κ3) is 5.64. The molecule has 0 spiro atoms. The van der Waals surface area contributed by atoms with Crippen LogP contribution in [0.25, 0.3) is 0 Å². The van der Waals surface area contributed by atoms with Crippen LogP contribution in [0, 0.1) is 0 Å². The lowest BCUT2D eigenvalue weighted by molar-refractivity contribution is -0.140. The standard InChI is InChI=1S/C31H27Cl2NO4/c1-19-28(31(36)38-16-15-37-25-5-3-2-4-6-25)29(21-9-13-24(33)14-10-21)30-26(34-19)17-22(18-27(30)35)20-7-11-23(32)12-8-20/h2-14,22,29,34H,15-18H2,1H3/t22-,29+/m0/s1. The smallest absolute Gasteiger partial charge is 0.336 e. The number of benzene rings is 3. The zero-order valence-electron chi connectivity index (χ0n) is 20.9. The van der Waals surface area contributed by atoms with Crippen LogP contribution in [0.4, 0.5) is 0 Å². The van der Waals surface area contributed by atoms with Crippen LogP contribution in [-0.4, -0.2) is 25.0 Å². The molecule has 0 saturated carbocycles. The van der Waals surface area contributed by atoms with Gasteiger partial charge < -0.3 is 14.8 Å². The number of hydrogen-bond acceptors (Lipinski definition) is 5. The van der Waals surface area contributed by atoms with E-state index < -0.39 is 11.9 Å². The van der Waals surface area contributed by atoms with Gasteiger partial charge in [0.2, 0.25) is 0 Å². The maximum absolute atomic E-state index is 13.7. The van der Waals surface area contributed by atoms with E-state index in [1.54, 1.807) is 12.1 Å². The summed E-state index contributed by atoms with van der Waals surface area (Å²) in [5, 5.41) is 4.61. The van der Waals surface area contributed by atoms with Gasteiger partial charge in [-0.2, -0.15) is 0 Å². The molecule has 0 saturated heterocycles. The molecule has 0 amide bonds. The molecule has 1 aliphatic heterocycles. The largest absolute Gasteiger partial charge is 0.490 e. The Morgan fingerprint density at radius 2 is 1.50 bits per heavy atom. The SMILES string of the molecule is CC1=C(C(=O)OCCOc2ccccc2)[C@@H](c2ccc(Cl)cc2)C2=C(C[C@H](c3ccc(Cl)cc3)CC2=O)N1. The molecule has 3 aromatic rings. The summed E-state index contributed by atoms with van der Waals surface area (Å²) in [5.74, 6) is -0.303. The Labute approximate surface area is 232 Å². The van der Waals surface area contributed by atoms with Gasteiger partial charge in [0, 0.05) is 39.4 Å². The van der Waals surface area contributed by atoms with Crippen LogP contribution in [0.5, 0.6) is 5.75 Å². The van der Waals surface area contributed by atoms with Gasteiger partial charge in [-0.15, -0.1) is 0 Å². The van der Waals surface area contributed by atoms with Crippen LogP contribution >= 0.6 is 23.2 Å². The van der Waals surface area contributed by atoms with Crippen LogP contribution in [0.15, 0.2) is 101 Å². The minimum atomic E-state index is -0.551. The third-order valence-corrected chi connectivity index (χ3v) is 7.42. The van der Waals surface area contributed by atoms with Crippen molar-refractivity contribution < 1.29 is 19.1 Å². The van der Waals surface area contributed by atoms with E-state index in [4.69, 9.17) is 32.7 Å². The van der Waals surface area contributed by atoms with Crippen molar-refractivity contribution in [3.05, 3.63) is 123 Å². The number of carbonyl (C=O) groups is 2. The van der Waals surface area contributed by atoms with Gasteiger partial charge in [0.15, 0.2) is 5.78 Å². The van der Waals surface area contributed by atoms with E-state index in [0.29, 0.717) is 45.5 Å². The molecule has 0 bridgehead atoms. The summed E-state index contributed by atoms with van der Waals surface area (Å²) < 4.78 is 11.3. The number of rotatable bonds is 7. The number of ether oxygens (including phenoxy) is 2. The van der Waals surface area contributed by atoms with E-state index in [0.717, 1.165) is 16.8 Å². The Balaban J connectivity index is 1.41. The number of halogens is 2. The lowest BCUT2D eigenvalue weighted by Crippen LogP contribution is -2.36. The number of nitrogens with one attached hydrogen (secondary N) is 1. The van der Waals surface area contributed by atoms with Crippen molar-refractivity contribution in [3.8, 4) is 5.75 Å². The lowest BCUT2D eigenvalue weighted by Gasteiger charge is -2.36. The molecule has 0 radical (unpaired) electrons. The minimum Gasteiger partial charge on any atom is -0.490 e. The average Bonchev–Trinajstić information content (AvgIpc) is 2.91. The highest BCUT2D eigenvalue weighted by atomic mass is 35.5. The van der Waals surface area contributed by atoms with Crippen molar-refractivity contribution >= 4 is 35.0 Å². The molecule has 38 heavy (non-hydrogen) atoms. The second-order valence-corrected chi connectivity index (χ2v) is 10.3. The number of ketones is 1. The van der Waals surface area contributed by atoms with Crippen LogP contribution in [-0.2, 0) is 14.3 Å². The van der Waals surface area contributed by atoms with E-state index in [2.05, 4.69) is 5.32 Å². The van der Waals surface area contributed by atoms with E-state index in [-0.39, 0.29) is 24.9 Å². The first kappa shape index (κ1) is 26.1. The fourth-order valence-electron chi connectivity index (χ4n) is 5.16. The third-order valence-electron chi connectivity index (χ3n) is 6.92. The molecular formula is C31H27Cl2NO4. The molecule has 194 valence electrons. The molecule has 7 heteroatoms. The number of esters is 1. The van der Waals surface area contributed by atoms with E-state index in [1.165, 1.54) is 0 Å². The predicted octanol–water partition coefficient (Wildman–Crippen LogP) is 6.98. The first-order valence-corrected chi connectivity index (χ1v) is 13.3. The first-order chi connectivity index (χ1) is 18.4. The van der Waals surface area contributed by atoms with Gasteiger partial charge >= 0.3 is 5.97 Å². The number of hydrogen-bond donors (Lipinski definition) is 1. The minimum absolute atomic E-state index is 0.00357. The average molecular weight is 548 g/mol. The Hall–Kier alpha value is -3.54. The molecule has 2 atom stereocenters. The zero-order valence-corrected chi connectivity index (χ0v) is 22.4. The highest BCUT2D eigenvalue weighted by molar-refractivity contribution is 6.30. The molecule has 2 aliphatic rings. The summed E-state index contributed by atoms with van der Waals surface area (Å²) in [6.07, 6.45) is 0.996. The molecule has 1 N–H and O–H groups in total. The highest BCUT2D eigenvalue weighted by Gasteiger charge is 2.41.